The SMILES string of the molecule is CCOC(=O)c1ccc(NC(=O)/C=C/c2ccc(OC)c(OC)c2)c(OCC)c1. The molecular weight excluding hydrogens is 374 g/mol. The number of methoxy groups -OCH3 is 2. The van der Waals surface area contributed by atoms with E-state index in [1.165, 1.54) is 6.08 Å². The molecule has 0 aromatic heterocycles. The van der Waals surface area contributed by atoms with Crippen LogP contribution in [0.2, 0.25) is 0 Å². The van der Waals surface area contributed by atoms with Gasteiger partial charge in [0.25, 0.3) is 0 Å². The van der Waals surface area contributed by atoms with Gasteiger partial charge in [-0.2, -0.15) is 0 Å². The Morgan fingerprint density at radius 2 is 1.69 bits per heavy atom. The summed E-state index contributed by atoms with van der Waals surface area (Å²) in [6.07, 6.45) is 3.06. The molecule has 2 rings (SSSR count). The lowest BCUT2D eigenvalue weighted by atomic mass is 10.1. The zero-order valence-electron chi connectivity index (χ0n) is 17.0. The Labute approximate surface area is 170 Å². The lowest BCUT2D eigenvalue weighted by molar-refractivity contribution is -0.111. The van der Waals surface area contributed by atoms with Crippen LogP contribution < -0.4 is 19.5 Å². The number of benzene rings is 2. The third-order valence-electron chi connectivity index (χ3n) is 3.89. The molecule has 0 saturated heterocycles. The van der Waals surface area contributed by atoms with Gasteiger partial charge < -0.3 is 24.3 Å². The molecule has 0 aliphatic carbocycles. The zero-order valence-corrected chi connectivity index (χ0v) is 17.0. The van der Waals surface area contributed by atoms with Crippen LogP contribution in [-0.4, -0.2) is 39.3 Å². The molecule has 7 heteroatoms. The molecule has 1 amide bonds. The van der Waals surface area contributed by atoms with E-state index < -0.39 is 5.97 Å². The number of amides is 1. The van der Waals surface area contributed by atoms with Crippen molar-refractivity contribution in [1.82, 2.24) is 0 Å². The highest BCUT2D eigenvalue weighted by atomic mass is 16.5. The fourth-order valence-electron chi connectivity index (χ4n) is 2.54. The summed E-state index contributed by atoms with van der Waals surface area (Å²) < 4.78 is 21.0. The molecule has 0 heterocycles. The molecule has 0 spiro atoms. The summed E-state index contributed by atoms with van der Waals surface area (Å²) in [6.45, 7) is 4.22. The number of anilines is 1. The first-order valence-corrected chi connectivity index (χ1v) is 9.17. The largest absolute Gasteiger partial charge is 0.493 e. The highest BCUT2D eigenvalue weighted by Gasteiger charge is 2.12. The Morgan fingerprint density at radius 3 is 2.34 bits per heavy atom. The number of carbonyl (C=O) groups excluding carboxylic acids is 2. The van der Waals surface area contributed by atoms with Crippen LogP contribution in [0.15, 0.2) is 42.5 Å². The number of nitrogens with one attached hydrogen (secondary N) is 1. The maximum Gasteiger partial charge on any atom is 0.338 e. The number of ether oxygens (including phenoxy) is 4. The topological polar surface area (TPSA) is 83.1 Å². The molecule has 0 atom stereocenters. The van der Waals surface area contributed by atoms with Gasteiger partial charge in [0.1, 0.15) is 5.75 Å². The fourth-order valence-corrected chi connectivity index (χ4v) is 2.54. The Hall–Kier alpha value is -3.48. The van der Waals surface area contributed by atoms with Gasteiger partial charge in [0.2, 0.25) is 5.91 Å². The molecular formula is C22H25NO6. The average Bonchev–Trinajstić information content (AvgIpc) is 2.73. The molecule has 0 saturated carbocycles. The predicted molar refractivity (Wildman–Crippen MR) is 111 cm³/mol. The summed E-state index contributed by atoms with van der Waals surface area (Å²) >= 11 is 0. The molecule has 2 aromatic carbocycles. The second kappa shape index (κ2) is 10.8. The first-order chi connectivity index (χ1) is 14.0. The van der Waals surface area contributed by atoms with E-state index in [2.05, 4.69) is 5.32 Å². The molecule has 0 fully saturated rings. The van der Waals surface area contributed by atoms with Gasteiger partial charge in [-0.15, -0.1) is 0 Å². The minimum atomic E-state index is -0.445. The molecule has 154 valence electrons. The summed E-state index contributed by atoms with van der Waals surface area (Å²) in [4.78, 5) is 24.2. The van der Waals surface area contributed by atoms with Crippen LogP contribution in [0.3, 0.4) is 0 Å². The molecule has 0 aliphatic heterocycles. The van der Waals surface area contributed by atoms with Gasteiger partial charge in [-0.25, -0.2) is 4.79 Å². The van der Waals surface area contributed by atoms with E-state index in [9.17, 15) is 9.59 Å². The fraction of sp³-hybridized carbons (Fsp3) is 0.273. The van der Waals surface area contributed by atoms with Gasteiger partial charge in [-0.3, -0.25) is 4.79 Å². The van der Waals surface area contributed by atoms with Crippen LogP contribution in [0, 0.1) is 0 Å². The summed E-state index contributed by atoms with van der Waals surface area (Å²) in [5.74, 6) is 0.788. The number of hydrogen-bond acceptors (Lipinski definition) is 6. The highest BCUT2D eigenvalue weighted by molar-refractivity contribution is 6.03. The number of hydrogen-bond donors (Lipinski definition) is 1. The van der Waals surface area contributed by atoms with E-state index in [1.807, 2.05) is 13.0 Å². The molecule has 7 nitrogen and oxygen atoms in total. The standard InChI is InChI=1S/C22H25NO6/c1-5-28-19-14-16(22(25)29-6-2)9-10-17(19)23-21(24)12-8-15-7-11-18(26-3)20(13-15)27-4/h7-14H,5-6H2,1-4H3,(H,23,24)/b12-8+. The molecule has 0 bridgehead atoms. The lowest BCUT2D eigenvalue weighted by Gasteiger charge is -2.12. The molecule has 2 aromatic rings. The summed E-state index contributed by atoms with van der Waals surface area (Å²) in [6, 6.07) is 10.1. The van der Waals surface area contributed by atoms with Crippen molar-refractivity contribution in [3.05, 3.63) is 53.6 Å². The summed E-state index contributed by atoms with van der Waals surface area (Å²) in [5, 5.41) is 2.76. The van der Waals surface area contributed by atoms with E-state index >= 15 is 0 Å². The van der Waals surface area contributed by atoms with Crippen molar-refractivity contribution in [2.24, 2.45) is 0 Å². The van der Waals surface area contributed by atoms with E-state index in [4.69, 9.17) is 18.9 Å². The zero-order chi connectivity index (χ0) is 21.2. The summed E-state index contributed by atoms with van der Waals surface area (Å²) in [5.41, 5.74) is 1.59. The van der Waals surface area contributed by atoms with Crippen LogP contribution >= 0.6 is 0 Å². The van der Waals surface area contributed by atoms with Crippen LogP contribution in [0.4, 0.5) is 5.69 Å². The van der Waals surface area contributed by atoms with Crippen molar-refractivity contribution in [2.75, 3.05) is 32.8 Å². The van der Waals surface area contributed by atoms with Crippen LogP contribution in [0.5, 0.6) is 17.2 Å². The van der Waals surface area contributed by atoms with Crippen LogP contribution in [0.25, 0.3) is 6.08 Å². The first-order valence-electron chi connectivity index (χ1n) is 9.17. The Morgan fingerprint density at radius 1 is 0.931 bits per heavy atom. The maximum absolute atomic E-state index is 12.3. The van der Waals surface area contributed by atoms with Crippen LogP contribution in [-0.2, 0) is 9.53 Å². The van der Waals surface area contributed by atoms with Crippen LogP contribution in [0.1, 0.15) is 29.8 Å². The number of rotatable bonds is 9. The van der Waals surface area contributed by atoms with Gasteiger partial charge in [-0.05, 0) is 55.8 Å². The minimum absolute atomic E-state index is 0.280. The van der Waals surface area contributed by atoms with Gasteiger partial charge in [-0.1, -0.05) is 6.07 Å². The van der Waals surface area contributed by atoms with Gasteiger partial charge in [0.05, 0.1) is 38.7 Å². The Balaban J connectivity index is 2.15. The quantitative estimate of drug-likeness (QED) is 0.508. The second-order valence-electron chi connectivity index (χ2n) is 5.80. The highest BCUT2D eigenvalue weighted by Crippen LogP contribution is 2.28. The second-order valence-corrected chi connectivity index (χ2v) is 5.80. The molecule has 1 N–H and O–H groups in total. The summed E-state index contributed by atoms with van der Waals surface area (Å²) in [7, 11) is 3.11. The van der Waals surface area contributed by atoms with Crippen molar-refractivity contribution in [3.63, 3.8) is 0 Å². The normalized spacial score (nSPS) is 10.5. The third kappa shape index (κ3) is 6.00. The minimum Gasteiger partial charge on any atom is -0.493 e. The smallest absolute Gasteiger partial charge is 0.338 e. The van der Waals surface area contributed by atoms with Crippen molar-refractivity contribution in [1.29, 1.82) is 0 Å². The monoisotopic (exact) mass is 399 g/mol. The molecule has 0 aliphatic rings. The molecule has 0 unspecified atom stereocenters. The van der Waals surface area contributed by atoms with Crippen molar-refractivity contribution in [3.8, 4) is 17.2 Å². The maximum atomic E-state index is 12.3. The van der Waals surface area contributed by atoms with Gasteiger partial charge in [0.15, 0.2) is 11.5 Å². The third-order valence-corrected chi connectivity index (χ3v) is 3.89. The predicted octanol–water partition coefficient (Wildman–Crippen LogP) is 3.93. The van der Waals surface area contributed by atoms with Crippen molar-refractivity contribution >= 4 is 23.6 Å². The lowest BCUT2D eigenvalue weighted by Crippen LogP contribution is -2.11. The molecule has 0 radical (unpaired) electrons. The van der Waals surface area contributed by atoms with E-state index in [-0.39, 0.29) is 12.5 Å². The van der Waals surface area contributed by atoms with Crippen molar-refractivity contribution in [2.45, 2.75) is 13.8 Å². The number of carbonyl (C=O) groups is 2. The van der Waals surface area contributed by atoms with Gasteiger partial charge in [0, 0.05) is 6.08 Å². The van der Waals surface area contributed by atoms with Crippen molar-refractivity contribution < 1.29 is 28.5 Å². The Kier molecular flexibility index (Phi) is 8.09. The Bertz CT molecular complexity index is 891. The van der Waals surface area contributed by atoms with Gasteiger partial charge >= 0.3 is 5.97 Å². The van der Waals surface area contributed by atoms with E-state index in [0.29, 0.717) is 35.1 Å². The van der Waals surface area contributed by atoms with E-state index in [0.717, 1.165) is 5.56 Å². The molecule has 29 heavy (non-hydrogen) atoms. The number of esters is 1. The first kappa shape index (κ1) is 21.8. The average molecular weight is 399 g/mol. The van der Waals surface area contributed by atoms with E-state index in [1.54, 1.807) is 57.6 Å².